The first-order chi connectivity index (χ1) is 10.3. The van der Waals surface area contributed by atoms with E-state index < -0.39 is 10.0 Å². The van der Waals surface area contributed by atoms with E-state index in [1.165, 1.54) is 0 Å². The van der Waals surface area contributed by atoms with Crippen molar-refractivity contribution >= 4 is 15.7 Å². The number of phenols is 1. The summed E-state index contributed by atoms with van der Waals surface area (Å²) in [5, 5.41) is 10.0. The summed E-state index contributed by atoms with van der Waals surface area (Å²) in [4.78, 5) is 4.43. The van der Waals surface area contributed by atoms with Gasteiger partial charge in [-0.25, -0.2) is 13.4 Å². The Hall–Kier alpha value is -2.02. The maximum atomic E-state index is 11.6. The van der Waals surface area contributed by atoms with Crippen molar-refractivity contribution in [3.8, 4) is 5.75 Å². The lowest BCUT2D eigenvalue weighted by Crippen LogP contribution is -2.17. The van der Waals surface area contributed by atoms with Crippen LogP contribution in [0.2, 0.25) is 0 Å². The Kier molecular flexibility index (Phi) is 3.60. The molecule has 0 radical (unpaired) electrons. The summed E-state index contributed by atoms with van der Waals surface area (Å²) in [5.41, 5.74) is 3.18. The van der Waals surface area contributed by atoms with Gasteiger partial charge in [-0.1, -0.05) is 6.07 Å². The minimum absolute atomic E-state index is 0.0363. The van der Waals surface area contributed by atoms with Gasteiger partial charge >= 0.3 is 0 Å². The van der Waals surface area contributed by atoms with Crippen LogP contribution < -0.4 is 4.72 Å². The number of fused-ring (bicyclic) bond motifs is 1. The molecule has 22 heavy (non-hydrogen) atoms. The second-order valence-corrected chi connectivity index (χ2v) is 7.56. The average molecular weight is 321 g/mol. The number of nitrogens with zero attached hydrogens (tertiary/aromatic N) is 2. The molecule has 1 heterocycles. The van der Waals surface area contributed by atoms with Crippen LogP contribution in [0.4, 0.5) is 5.69 Å². The van der Waals surface area contributed by atoms with Crippen LogP contribution in [0, 0.1) is 0 Å². The lowest BCUT2D eigenvalue weighted by atomic mass is 9.80. The van der Waals surface area contributed by atoms with Crippen molar-refractivity contribution in [2.24, 2.45) is 7.05 Å². The van der Waals surface area contributed by atoms with Crippen LogP contribution >= 0.6 is 0 Å². The van der Waals surface area contributed by atoms with E-state index in [0.717, 1.165) is 42.3 Å². The molecule has 1 aliphatic carbocycles. The third-order valence-corrected chi connectivity index (χ3v) is 4.57. The lowest BCUT2D eigenvalue weighted by Gasteiger charge is -2.27. The van der Waals surface area contributed by atoms with Gasteiger partial charge in [-0.15, -0.1) is 0 Å². The minimum Gasteiger partial charge on any atom is -0.506 e. The zero-order chi connectivity index (χ0) is 15.9. The first-order valence-corrected chi connectivity index (χ1v) is 9.04. The van der Waals surface area contributed by atoms with E-state index in [-0.39, 0.29) is 11.7 Å². The lowest BCUT2D eigenvalue weighted by molar-refractivity contribution is 0.475. The van der Waals surface area contributed by atoms with Crippen molar-refractivity contribution in [1.82, 2.24) is 9.55 Å². The van der Waals surface area contributed by atoms with Crippen molar-refractivity contribution < 1.29 is 13.5 Å². The van der Waals surface area contributed by atoms with E-state index in [0.29, 0.717) is 5.69 Å². The molecular formula is C15H19N3O3S. The smallest absolute Gasteiger partial charge is 0.229 e. The number of aryl methyl sites for hydroxylation is 1. The highest BCUT2D eigenvalue weighted by Gasteiger charge is 2.27. The molecule has 0 amide bonds. The highest BCUT2D eigenvalue weighted by molar-refractivity contribution is 7.92. The van der Waals surface area contributed by atoms with Gasteiger partial charge in [-0.2, -0.15) is 0 Å². The summed E-state index contributed by atoms with van der Waals surface area (Å²) in [6, 6.07) is 3.42. The van der Waals surface area contributed by atoms with Crippen LogP contribution in [0.3, 0.4) is 0 Å². The zero-order valence-electron chi connectivity index (χ0n) is 12.6. The van der Waals surface area contributed by atoms with E-state index in [9.17, 15) is 13.5 Å². The number of nitrogens with one attached hydrogen (secondary N) is 1. The fraction of sp³-hybridized carbons (Fsp3) is 0.400. The van der Waals surface area contributed by atoms with Crippen molar-refractivity contribution in [3.05, 3.63) is 41.5 Å². The van der Waals surface area contributed by atoms with E-state index in [4.69, 9.17) is 0 Å². The molecule has 118 valence electrons. The number of benzene rings is 1. The van der Waals surface area contributed by atoms with Gasteiger partial charge in [0, 0.05) is 19.2 Å². The number of imidazole rings is 1. The Bertz CT molecular complexity index is 811. The molecule has 0 saturated heterocycles. The van der Waals surface area contributed by atoms with Crippen molar-refractivity contribution in [3.63, 3.8) is 0 Å². The van der Waals surface area contributed by atoms with Gasteiger partial charge in [0.1, 0.15) is 5.75 Å². The summed E-state index contributed by atoms with van der Waals surface area (Å²) in [6.07, 6.45) is 7.47. The molecule has 1 unspecified atom stereocenters. The first kappa shape index (κ1) is 14.9. The van der Waals surface area contributed by atoms with Crippen LogP contribution in [-0.4, -0.2) is 29.3 Å². The maximum absolute atomic E-state index is 11.6. The highest BCUT2D eigenvalue weighted by atomic mass is 32.2. The van der Waals surface area contributed by atoms with Gasteiger partial charge in [0.2, 0.25) is 10.0 Å². The van der Waals surface area contributed by atoms with Gasteiger partial charge < -0.3 is 9.67 Å². The molecule has 0 aliphatic heterocycles. The van der Waals surface area contributed by atoms with E-state index in [1.54, 1.807) is 12.4 Å². The number of anilines is 1. The Morgan fingerprint density at radius 3 is 2.82 bits per heavy atom. The summed E-state index contributed by atoms with van der Waals surface area (Å²) in [7, 11) is -1.52. The Labute approximate surface area is 129 Å². The monoisotopic (exact) mass is 321 g/mol. The minimum atomic E-state index is -3.44. The zero-order valence-corrected chi connectivity index (χ0v) is 13.4. The Balaban J connectivity index is 2.10. The average Bonchev–Trinajstić information content (AvgIpc) is 2.86. The number of sulfonamides is 1. The molecule has 3 rings (SSSR count). The molecule has 1 aliphatic rings. The molecule has 1 aromatic carbocycles. The highest BCUT2D eigenvalue weighted by Crippen LogP contribution is 2.42. The van der Waals surface area contributed by atoms with Gasteiger partial charge in [0.05, 0.1) is 24.0 Å². The molecule has 0 saturated carbocycles. The molecular weight excluding hydrogens is 302 g/mol. The van der Waals surface area contributed by atoms with E-state index in [2.05, 4.69) is 9.71 Å². The molecule has 0 bridgehead atoms. The number of hydrogen-bond donors (Lipinski definition) is 2. The largest absolute Gasteiger partial charge is 0.506 e. The van der Waals surface area contributed by atoms with Crippen LogP contribution in [0.15, 0.2) is 24.7 Å². The molecule has 6 nitrogen and oxygen atoms in total. The topological polar surface area (TPSA) is 84.2 Å². The predicted molar refractivity (Wildman–Crippen MR) is 84.6 cm³/mol. The second-order valence-electron chi connectivity index (χ2n) is 5.81. The summed E-state index contributed by atoms with van der Waals surface area (Å²) >= 11 is 0. The molecule has 2 N–H and O–H groups in total. The number of aromatic nitrogens is 2. The molecule has 1 aromatic heterocycles. The first-order valence-electron chi connectivity index (χ1n) is 7.15. The summed E-state index contributed by atoms with van der Waals surface area (Å²) in [5.74, 6) is 0.0940. The van der Waals surface area contributed by atoms with Crippen LogP contribution in [0.25, 0.3) is 0 Å². The van der Waals surface area contributed by atoms with Crippen molar-refractivity contribution in [2.75, 3.05) is 11.0 Å². The molecule has 1 atom stereocenters. The van der Waals surface area contributed by atoms with Gasteiger partial charge in [0.15, 0.2) is 0 Å². The maximum Gasteiger partial charge on any atom is 0.229 e. The molecule has 2 aromatic rings. The SMILES string of the molecule is Cn1cnc(C2CCCc3c2ccc(O)c3NS(C)(=O)=O)c1. The van der Waals surface area contributed by atoms with Crippen molar-refractivity contribution in [1.29, 1.82) is 0 Å². The van der Waals surface area contributed by atoms with Gasteiger partial charge in [-0.3, -0.25) is 4.72 Å². The molecule has 0 spiro atoms. The second kappa shape index (κ2) is 5.31. The third-order valence-electron chi connectivity index (χ3n) is 3.99. The Morgan fingerprint density at radius 1 is 1.41 bits per heavy atom. The van der Waals surface area contributed by atoms with Crippen molar-refractivity contribution in [2.45, 2.75) is 25.2 Å². The standard InChI is InChI=1S/C15H19N3O3S/c1-18-8-13(16-9-18)11-4-3-5-12-10(11)6-7-14(19)15(12)17-22(2,20)21/h6-9,11,17,19H,3-5H2,1-2H3. The quantitative estimate of drug-likeness (QED) is 0.847. The van der Waals surface area contributed by atoms with Crippen LogP contribution in [0.5, 0.6) is 5.75 Å². The molecule has 7 heteroatoms. The Morgan fingerprint density at radius 2 is 2.18 bits per heavy atom. The fourth-order valence-electron chi connectivity index (χ4n) is 3.11. The predicted octanol–water partition coefficient (Wildman–Crippen LogP) is 1.97. The van der Waals surface area contributed by atoms with E-state index in [1.807, 2.05) is 23.9 Å². The van der Waals surface area contributed by atoms with E-state index >= 15 is 0 Å². The number of rotatable bonds is 3. The molecule has 0 fully saturated rings. The fourth-order valence-corrected chi connectivity index (χ4v) is 3.70. The summed E-state index contributed by atoms with van der Waals surface area (Å²) in [6.45, 7) is 0. The number of phenolic OH excluding ortho intramolecular Hbond substituents is 1. The number of hydrogen-bond acceptors (Lipinski definition) is 4. The summed E-state index contributed by atoms with van der Waals surface area (Å²) < 4.78 is 27.5. The number of aromatic hydroxyl groups is 1. The van der Waals surface area contributed by atoms with Crippen LogP contribution in [-0.2, 0) is 23.5 Å². The van der Waals surface area contributed by atoms with Gasteiger partial charge in [-0.05, 0) is 36.5 Å². The third kappa shape index (κ3) is 2.81. The van der Waals surface area contributed by atoms with Crippen LogP contribution in [0.1, 0.15) is 35.6 Å². The normalized spacial score (nSPS) is 18.0. The van der Waals surface area contributed by atoms with Gasteiger partial charge in [0.25, 0.3) is 0 Å².